The number of cyclic esters (lactones) is 2. The molecule has 18 heavy (non-hydrogen) atoms. The van der Waals surface area contributed by atoms with Gasteiger partial charge < -0.3 is 4.74 Å². The molecule has 6 heteroatoms. The van der Waals surface area contributed by atoms with Crippen molar-refractivity contribution in [2.75, 3.05) is 0 Å². The molecule has 1 aromatic rings. The van der Waals surface area contributed by atoms with Crippen LogP contribution in [0.5, 0.6) is 0 Å². The fraction of sp³-hybridized carbons (Fsp3) is 0.333. The van der Waals surface area contributed by atoms with Crippen LogP contribution >= 0.6 is 0 Å². The van der Waals surface area contributed by atoms with Crippen LogP contribution in [-0.2, 0) is 14.3 Å². The van der Waals surface area contributed by atoms with E-state index in [-0.39, 0.29) is 18.5 Å². The fourth-order valence-electron chi connectivity index (χ4n) is 2.07. The van der Waals surface area contributed by atoms with E-state index in [1.165, 1.54) is 6.07 Å². The lowest BCUT2D eigenvalue weighted by molar-refractivity contribution is -0.385. The minimum Gasteiger partial charge on any atom is -0.393 e. The van der Waals surface area contributed by atoms with Gasteiger partial charge in [0.2, 0.25) is 0 Å². The van der Waals surface area contributed by atoms with Gasteiger partial charge in [0.05, 0.1) is 17.8 Å². The highest BCUT2D eigenvalue weighted by atomic mass is 16.6. The third-order valence-electron chi connectivity index (χ3n) is 2.87. The molecular formula is C12H11NO5. The Kier molecular flexibility index (Phi) is 3.10. The number of rotatable bonds is 2. The summed E-state index contributed by atoms with van der Waals surface area (Å²) in [5, 5.41) is 10.9. The van der Waals surface area contributed by atoms with E-state index in [0.717, 1.165) is 5.56 Å². The van der Waals surface area contributed by atoms with E-state index in [0.29, 0.717) is 5.56 Å². The second-order valence-electron chi connectivity index (χ2n) is 4.27. The first-order valence-electron chi connectivity index (χ1n) is 5.46. The largest absolute Gasteiger partial charge is 0.393 e. The normalized spacial score (nSPS) is 16.5. The number of ether oxygens (including phenoxy) is 1. The molecule has 1 aliphatic rings. The summed E-state index contributed by atoms with van der Waals surface area (Å²) in [4.78, 5) is 32.9. The molecular weight excluding hydrogens is 238 g/mol. The Labute approximate surface area is 103 Å². The molecule has 1 heterocycles. The van der Waals surface area contributed by atoms with Gasteiger partial charge in [0.25, 0.3) is 5.69 Å². The number of carbonyl (C=O) groups is 2. The Balaban J connectivity index is 2.42. The van der Waals surface area contributed by atoms with Gasteiger partial charge >= 0.3 is 11.9 Å². The first kappa shape index (κ1) is 12.2. The summed E-state index contributed by atoms with van der Waals surface area (Å²) in [5.74, 6) is -1.74. The maximum atomic E-state index is 11.2. The van der Waals surface area contributed by atoms with E-state index in [4.69, 9.17) is 0 Å². The zero-order chi connectivity index (χ0) is 13.3. The van der Waals surface area contributed by atoms with Gasteiger partial charge in [0.1, 0.15) is 0 Å². The Morgan fingerprint density at radius 3 is 2.44 bits per heavy atom. The van der Waals surface area contributed by atoms with Gasteiger partial charge in [-0.15, -0.1) is 0 Å². The van der Waals surface area contributed by atoms with Gasteiger partial charge in [-0.3, -0.25) is 19.7 Å². The van der Waals surface area contributed by atoms with E-state index >= 15 is 0 Å². The minimum absolute atomic E-state index is 0.00394. The van der Waals surface area contributed by atoms with Crippen LogP contribution in [0.1, 0.15) is 29.9 Å². The van der Waals surface area contributed by atoms with Gasteiger partial charge in [-0.25, -0.2) is 0 Å². The van der Waals surface area contributed by atoms with E-state index in [2.05, 4.69) is 4.74 Å². The Morgan fingerprint density at radius 2 is 1.89 bits per heavy atom. The highest BCUT2D eigenvalue weighted by Gasteiger charge is 2.32. The molecule has 2 rings (SSSR count). The number of esters is 2. The summed E-state index contributed by atoms with van der Waals surface area (Å²) in [6.45, 7) is 1.80. The highest BCUT2D eigenvalue weighted by Crippen LogP contribution is 2.34. The van der Waals surface area contributed by atoms with Crippen molar-refractivity contribution in [3.05, 3.63) is 39.4 Å². The van der Waals surface area contributed by atoms with E-state index in [1.807, 2.05) is 0 Å². The van der Waals surface area contributed by atoms with Gasteiger partial charge in [-0.2, -0.15) is 0 Å². The van der Waals surface area contributed by atoms with Crippen LogP contribution in [0.15, 0.2) is 18.2 Å². The number of carbonyl (C=O) groups excluding carboxylic acids is 2. The molecule has 0 saturated carbocycles. The highest BCUT2D eigenvalue weighted by molar-refractivity contribution is 5.89. The predicted octanol–water partition coefficient (Wildman–Crippen LogP) is 1.85. The van der Waals surface area contributed by atoms with Gasteiger partial charge in [-0.1, -0.05) is 11.6 Å². The zero-order valence-corrected chi connectivity index (χ0v) is 9.71. The average Bonchev–Trinajstić information content (AvgIpc) is 2.27. The topological polar surface area (TPSA) is 86.5 Å². The number of hydrogen-bond donors (Lipinski definition) is 0. The zero-order valence-electron chi connectivity index (χ0n) is 9.71. The smallest absolute Gasteiger partial charge is 0.314 e. The molecule has 0 aliphatic carbocycles. The van der Waals surface area contributed by atoms with Crippen molar-refractivity contribution in [2.24, 2.45) is 0 Å². The first-order valence-corrected chi connectivity index (χ1v) is 5.46. The monoisotopic (exact) mass is 249 g/mol. The van der Waals surface area contributed by atoms with E-state index in [1.54, 1.807) is 19.1 Å². The number of nitro groups is 1. The van der Waals surface area contributed by atoms with E-state index in [9.17, 15) is 19.7 Å². The van der Waals surface area contributed by atoms with Crippen LogP contribution in [-0.4, -0.2) is 16.9 Å². The molecule has 1 saturated heterocycles. The molecule has 0 N–H and O–H groups in total. The maximum Gasteiger partial charge on any atom is 0.314 e. The van der Waals surface area contributed by atoms with Crippen LogP contribution in [0.4, 0.5) is 5.69 Å². The Hall–Kier alpha value is -2.24. The van der Waals surface area contributed by atoms with Crippen molar-refractivity contribution in [2.45, 2.75) is 25.7 Å². The number of nitro benzene ring substituents is 1. The summed E-state index contributed by atoms with van der Waals surface area (Å²) in [6, 6.07) is 4.67. The molecule has 94 valence electrons. The second kappa shape index (κ2) is 4.56. The molecule has 1 aromatic carbocycles. The fourth-order valence-corrected chi connectivity index (χ4v) is 2.07. The summed E-state index contributed by atoms with van der Waals surface area (Å²) < 4.78 is 4.42. The Bertz CT molecular complexity index is 521. The van der Waals surface area contributed by atoms with Crippen molar-refractivity contribution in [3.8, 4) is 0 Å². The quantitative estimate of drug-likeness (QED) is 0.345. The van der Waals surface area contributed by atoms with Crippen LogP contribution < -0.4 is 0 Å². The lowest BCUT2D eigenvalue weighted by Gasteiger charge is -2.20. The summed E-state index contributed by atoms with van der Waals surface area (Å²) in [7, 11) is 0. The average molecular weight is 249 g/mol. The summed E-state index contributed by atoms with van der Waals surface area (Å²) >= 11 is 0. The van der Waals surface area contributed by atoms with Crippen molar-refractivity contribution in [1.82, 2.24) is 0 Å². The summed E-state index contributed by atoms with van der Waals surface area (Å²) in [5.41, 5.74) is 1.21. The van der Waals surface area contributed by atoms with Crippen molar-refractivity contribution < 1.29 is 19.2 Å². The molecule has 0 spiro atoms. The van der Waals surface area contributed by atoms with Crippen molar-refractivity contribution >= 4 is 17.6 Å². The third kappa shape index (κ3) is 2.37. The molecule has 0 aromatic heterocycles. The summed E-state index contributed by atoms with van der Waals surface area (Å²) in [6.07, 6.45) is -0.00787. The minimum atomic E-state index is -0.632. The molecule has 0 unspecified atom stereocenters. The molecule has 6 nitrogen and oxygen atoms in total. The number of aryl methyl sites for hydroxylation is 1. The first-order chi connectivity index (χ1) is 8.47. The van der Waals surface area contributed by atoms with E-state index < -0.39 is 22.8 Å². The number of nitrogens with zero attached hydrogens (tertiary/aromatic N) is 1. The van der Waals surface area contributed by atoms with Crippen LogP contribution in [0, 0.1) is 17.0 Å². The third-order valence-corrected chi connectivity index (χ3v) is 2.87. The standard InChI is InChI=1S/C12H11NO5/c1-7-2-3-10(13(16)17)9(4-7)8-5-11(14)18-12(15)6-8/h2-4,8H,5-6H2,1H3. The van der Waals surface area contributed by atoms with Gasteiger partial charge in [0.15, 0.2) is 0 Å². The van der Waals surface area contributed by atoms with Gasteiger partial charge in [-0.05, 0) is 13.0 Å². The Morgan fingerprint density at radius 1 is 1.28 bits per heavy atom. The van der Waals surface area contributed by atoms with Crippen molar-refractivity contribution in [3.63, 3.8) is 0 Å². The number of hydrogen-bond acceptors (Lipinski definition) is 5. The molecule has 1 aliphatic heterocycles. The predicted molar refractivity (Wildman–Crippen MR) is 60.9 cm³/mol. The lowest BCUT2D eigenvalue weighted by atomic mass is 9.89. The van der Waals surface area contributed by atoms with Crippen LogP contribution in [0.3, 0.4) is 0 Å². The SMILES string of the molecule is Cc1ccc([N+](=O)[O-])c(C2CC(=O)OC(=O)C2)c1. The maximum absolute atomic E-state index is 11.2. The molecule has 1 fully saturated rings. The molecule has 0 amide bonds. The molecule has 0 atom stereocenters. The lowest BCUT2D eigenvalue weighted by Crippen LogP contribution is -2.24. The van der Waals surface area contributed by atoms with Crippen LogP contribution in [0.25, 0.3) is 0 Å². The molecule has 0 bridgehead atoms. The van der Waals surface area contributed by atoms with Gasteiger partial charge in [0, 0.05) is 17.5 Å². The van der Waals surface area contributed by atoms with Crippen LogP contribution in [0.2, 0.25) is 0 Å². The number of benzene rings is 1. The molecule has 0 radical (unpaired) electrons. The van der Waals surface area contributed by atoms with Crippen molar-refractivity contribution in [1.29, 1.82) is 0 Å². The second-order valence-corrected chi connectivity index (χ2v) is 4.27.